The Morgan fingerprint density at radius 1 is 1.54 bits per heavy atom. The van der Waals surface area contributed by atoms with E-state index in [9.17, 15) is 10.0 Å². The summed E-state index contributed by atoms with van der Waals surface area (Å²) in [5.41, 5.74) is -0.472. The fourth-order valence-electron chi connectivity index (χ4n) is 1.36. The normalized spacial score (nSPS) is 24.8. The van der Waals surface area contributed by atoms with Gasteiger partial charge in [0.05, 0.1) is 0 Å². The van der Waals surface area contributed by atoms with Gasteiger partial charge >= 0.3 is 5.97 Å². The highest BCUT2D eigenvalue weighted by Gasteiger charge is 2.33. The van der Waals surface area contributed by atoms with Crippen molar-refractivity contribution < 1.29 is 14.7 Å². The maximum absolute atomic E-state index is 11.4. The predicted octanol–water partition coefficient (Wildman–Crippen LogP) is 1.18. The molecule has 76 valence electrons. The van der Waals surface area contributed by atoms with Crippen LogP contribution in [0.1, 0.15) is 33.6 Å². The van der Waals surface area contributed by atoms with Gasteiger partial charge in [0.25, 0.3) is 0 Å². The van der Waals surface area contributed by atoms with Gasteiger partial charge in [0.2, 0.25) is 0 Å². The summed E-state index contributed by atoms with van der Waals surface area (Å²) in [5.74, 6) is -0.326. The molecule has 1 aliphatic rings. The first-order valence-corrected chi connectivity index (χ1v) is 4.58. The van der Waals surface area contributed by atoms with Crippen LogP contribution in [0.5, 0.6) is 0 Å². The van der Waals surface area contributed by atoms with Crippen LogP contribution in [0.25, 0.3) is 0 Å². The number of ether oxygens (including phenoxy) is 1. The second kappa shape index (κ2) is 3.64. The van der Waals surface area contributed by atoms with Crippen LogP contribution in [0.15, 0.2) is 0 Å². The molecule has 1 heterocycles. The minimum absolute atomic E-state index is 0.326. The highest BCUT2D eigenvalue weighted by molar-refractivity contribution is 5.76. The summed E-state index contributed by atoms with van der Waals surface area (Å²) in [4.78, 5) is 11.4. The molecule has 1 rings (SSSR count). The average molecular weight is 187 g/mol. The summed E-state index contributed by atoms with van der Waals surface area (Å²) < 4.78 is 5.15. The van der Waals surface area contributed by atoms with Gasteiger partial charge in [-0.05, 0) is 33.6 Å². The molecule has 1 aliphatic heterocycles. The number of hydrogen-bond acceptors (Lipinski definition) is 4. The largest absolute Gasteiger partial charge is 0.459 e. The summed E-state index contributed by atoms with van der Waals surface area (Å²) in [7, 11) is 0. The van der Waals surface area contributed by atoms with Crippen molar-refractivity contribution in [3.05, 3.63) is 0 Å². The molecule has 0 aromatic rings. The van der Waals surface area contributed by atoms with Crippen molar-refractivity contribution in [2.75, 3.05) is 6.54 Å². The van der Waals surface area contributed by atoms with E-state index in [4.69, 9.17) is 4.74 Å². The SMILES string of the molecule is CC(C)(C)OC(=O)C1CCCN1O. The van der Waals surface area contributed by atoms with E-state index in [0.29, 0.717) is 13.0 Å². The van der Waals surface area contributed by atoms with Crippen LogP contribution in [-0.4, -0.2) is 34.4 Å². The molecule has 0 amide bonds. The molecule has 4 heteroatoms. The maximum atomic E-state index is 11.4. The lowest BCUT2D eigenvalue weighted by atomic mass is 10.2. The van der Waals surface area contributed by atoms with E-state index in [1.165, 1.54) is 0 Å². The van der Waals surface area contributed by atoms with Crippen LogP contribution in [0, 0.1) is 0 Å². The lowest BCUT2D eigenvalue weighted by Gasteiger charge is -2.24. The Kier molecular flexibility index (Phi) is 2.93. The first-order chi connectivity index (χ1) is 5.90. The molecule has 1 N–H and O–H groups in total. The number of carbonyl (C=O) groups excluding carboxylic acids is 1. The van der Waals surface area contributed by atoms with Crippen molar-refractivity contribution in [3.63, 3.8) is 0 Å². The quantitative estimate of drug-likeness (QED) is 0.626. The maximum Gasteiger partial charge on any atom is 0.326 e. The van der Waals surface area contributed by atoms with Gasteiger partial charge < -0.3 is 9.94 Å². The van der Waals surface area contributed by atoms with E-state index >= 15 is 0 Å². The molecule has 1 fully saturated rings. The fraction of sp³-hybridized carbons (Fsp3) is 0.889. The molecule has 0 aliphatic carbocycles. The molecule has 0 spiro atoms. The van der Waals surface area contributed by atoms with Crippen LogP contribution >= 0.6 is 0 Å². The number of rotatable bonds is 1. The van der Waals surface area contributed by atoms with E-state index in [2.05, 4.69) is 0 Å². The molecule has 0 radical (unpaired) electrons. The lowest BCUT2D eigenvalue weighted by molar-refractivity contribution is -0.177. The minimum Gasteiger partial charge on any atom is -0.459 e. The molecule has 0 saturated carbocycles. The Morgan fingerprint density at radius 2 is 2.15 bits per heavy atom. The van der Waals surface area contributed by atoms with Crippen LogP contribution in [0.3, 0.4) is 0 Å². The van der Waals surface area contributed by atoms with Crippen molar-refractivity contribution >= 4 is 5.97 Å². The number of hydroxylamine groups is 2. The van der Waals surface area contributed by atoms with Crippen LogP contribution in [0.2, 0.25) is 0 Å². The third-order valence-electron chi connectivity index (χ3n) is 1.90. The first-order valence-electron chi connectivity index (χ1n) is 4.58. The molecule has 0 bridgehead atoms. The van der Waals surface area contributed by atoms with Crippen LogP contribution in [0.4, 0.5) is 0 Å². The molecule has 0 aromatic heterocycles. The van der Waals surface area contributed by atoms with Crippen molar-refractivity contribution in [1.29, 1.82) is 0 Å². The highest BCUT2D eigenvalue weighted by atomic mass is 16.6. The van der Waals surface area contributed by atoms with Crippen molar-refractivity contribution in [1.82, 2.24) is 5.06 Å². The Morgan fingerprint density at radius 3 is 2.54 bits per heavy atom. The van der Waals surface area contributed by atoms with Gasteiger partial charge in [-0.1, -0.05) is 0 Å². The molecule has 13 heavy (non-hydrogen) atoms. The predicted molar refractivity (Wildman–Crippen MR) is 47.4 cm³/mol. The summed E-state index contributed by atoms with van der Waals surface area (Å²) in [5, 5.41) is 10.4. The van der Waals surface area contributed by atoms with Crippen LogP contribution < -0.4 is 0 Å². The molecule has 1 saturated heterocycles. The molecule has 1 atom stereocenters. The third-order valence-corrected chi connectivity index (χ3v) is 1.90. The van der Waals surface area contributed by atoms with E-state index in [1.807, 2.05) is 20.8 Å². The Balaban J connectivity index is 2.48. The van der Waals surface area contributed by atoms with Gasteiger partial charge in [0.1, 0.15) is 11.6 Å². The zero-order valence-electron chi connectivity index (χ0n) is 8.41. The minimum atomic E-state index is -0.472. The standard InChI is InChI=1S/C9H17NO3/c1-9(2,3)13-8(11)7-5-4-6-10(7)12/h7,12H,4-6H2,1-3H3. The average Bonchev–Trinajstić information content (AvgIpc) is 2.30. The molecular formula is C9H17NO3. The van der Waals surface area contributed by atoms with E-state index in [0.717, 1.165) is 11.5 Å². The summed E-state index contributed by atoms with van der Waals surface area (Å²) in [6.07, 6.45) is 1.53. The van der Waals surface area contributed by atoms with Gasteiger partial charge in [-0.25, -0.2) is 0 Å². The second-order valence-corrected chi connectivity index (χ2v) is 4.35. The van der Waals surface area contributed by atoms with Gasteiger partial charge in [0.15, 0.2) is 0 Å². The Labute approximate surface area is 78.4 Å². The first kappa shape index (κ1) is 10.5. The fourth-order valence-corrected chi connectivity index (χ4v) is 1.36. The molecule has 1 unspecified atom stereocenters. The smallest absolute Gasteiger partial charge is 0.326 e. The van der Waals surface area contributed by atoms with Gasteiger partial charge in [-0.15, -0.1) is 0 Å². The second-order valence-electron chi connectivity index (χ2n) is 4.35. The molecule has 0 aromatic carbocycles. The summed E-state index contributed by atoms with van der Waals surface area (Å²) in [6.45, 7) is 6.02. The summed E-state index contributed by atoms with van der Waals surface area (Å²) in [6, 6.07) is -0.459. The monoisotopic (exact) mass is 187 g/mol. The van der Waals surface area contributed by atoms with Crippen molar-refractivity contribution in [3.8, 4) is 0 Å². The van der Waals surface area contributed by atoms with Crippen molar-refractivity contribution in [2.45, 2.75) is 45.3 Å². The topological polar surface area (TPSA) is 49.8 Å². The van der Waals surface area contributed by atoms with Gasteiger partial charge in [0, 0.05) is 6.54 Å². The third kappa shape index (κ3) is 2.97. The number of nitrogens with zero attached hydrogens (tertiary/aromatic N) is 1. The Hall–Kier alpha value is -0.610. The van der Waals surface area contributed by atoms with Gasteiger partial charge in [-0.3, -0.25) is 4.79 Å². The highest BCUT2D eigenvalue weighted by Crippen LogP contribution is 2.18. The van der Waals surface area contributed by atoms with Crippen molar-refractivity contribution in [2.24, 2.45) is 0 Å². The molecule has 4 nitrogen and oxygen atoms in total. The van der Waals surface area contributed by atoms with E-state index in [-0.39, 0.29) is 5.97 Å². The zero-order chi connectivity index (χ0) is 10.1. The van der Waals surface area contributed by atoms with Crippen LogP contribution in [-0.2, 0) is 9.53 Å². The number of hydrogen-bond donors (Lipinski definition) is 1. The number of esters is 1. The summed E-state index contributed by atoms with van der Waals surface area (Å²) >= 11 is 0. The molecular weight excluding hydrogens is 170 g/mol. The zero-order valence-corrected chi connectivity index (χ0v) is 8.41. The van der Waals surface area contributed by atoms with E-state index < -0.39 is 11.6 Å². The number of carbonyl (C=O) groups is 1. The lowest BCUT2D eigenvalue weighted by Crippen LogP contribution is -2.38. The Bertz CT molecular complexity index is 198. The van der Waals surface area contributed by atoms with Gasteiger partial charge in [-0.2, -0.15) is 5.06 Å². The van der Waals surface area contributed by atoms with E-state index in [1.54, 1.807) is 0 Å².